The molecule has 21 heavy (non-hydrogen) atoms. The SMILES string of the molecule is CNC(c1ccc(Cl)c(OC)c1)C1CC1c1ccccc1. The Morgan fingerprint density at radius 1 is 1.19 bits per heavy atom. The van der Waals surface area contributed by atoms with Crippen molar-refractivity contribution < 1.29 is 4.74 Å². The molecular formula is C18H20ClNO. The lowest BCUT2D eigenvalue weighted by molar-refractivity contribution is 0.412. The second kappa shape index (κ2) is 6.08. The number of nitrogens with one attached hydrogen (secondary N) is 1. The van der Waals surface area contributed by atoms with Gasteiger partial charge in [-0.25, -0.2) is 0 Å². The van der Waals surface area contributed by atoms with Crippen molar-refractivity contribution in [2.75, 3.05) is 14.2 Å². The lowest BCUT2D eigenvalue weighted by Gasteiger charge is -2.18. The number of ether oxygens (including phenoxy) is 1. The lowest BCUT2D eigenvalue weighted by Crippen LogP contribution is -2.19. The molecule has 1 fully saturated rings. The van der Waals surface area contributed by atoms with Crippen LogP contribution in [0.4, 0.5) is 0 Å². The van der Waals surface area contributed by atoms with Gasteiger partial charge in [0.1, 0.15) is 5.75 Å². The molecule has 0 saturated heterocycles. The molecule has 1 saturated carbocycles. The molecule has 0 radical (unpaired) electrons. The zero-order valence-corrected chi connectivity index (χ0v) is 13.1. The number of halogens is 1. The molecule has 3 rings (SSSR count). The third-order valence-electron chi connectivity index (χ3n) is 4.34. The van der Waals surface area contributed by atoms with Crippen LogP contribution in [0.1, 0.15) is 29.5 Å². The molecule has 0 bridgehead atoms. The standard InChI is InChI=1S/C18H20ClNO/c1-20-18(13-8-9-16(19)17(10-13)21-2)15-11-14(15)12-6-4-3-5-7-12/h3-10,14-15,18,20H,11H2,1-2H3. The molecule has 3 atom stereocenters. The summed E-state index contributed by atoms with van der Waals surface area (Å²) in [7, 11) is 3.68. The zero-order chi connectivity index (χ0) is 14.8. The summed E-state index contributed by atoms with van der Waals surface area (Å²) in [4.78, 5) is 0. The van der Waals surface area contributed by atoms with Crippen LogP contribution in [0, 0.1) is 5.92 Å². The Balaban J connectivity index is 1.81. The second-order valence-corrected chi connectivity index (χ2v) is 5.98. The summed E-state index contributed by atoms with van der Waals surface area (Å²) in [5.74, 6) is 2.01. The normalized spacial score (nSPS) is 21.9. The van der Waals surface area contributed by atoms with E-state index in [-0.39, 0.29) is 0 Å². The first kappa shape index (κ1) is 14.4. The molecular weight excluding hydrogens is 282 g/mol. The first-order valence-electron chi connectivity index (χ1n) is 7.30. The van der Waals surface area contributed by atoms with Crippen molar-refractivity contribution >= 4 is 11.6 Å². The van der Waals surface area contributed by atoms with Gasteiger partial charge in [-0.15, -0.1) is 0 Å². The Bertz CT molecular complexity index is 614. The van der Waals surface area contributed by atoms with Crippen LogP contribution in [0.25, 0.3) is 0 Å². The van der Waals surface area contributed by atoms with Gasteiger partial charge in [0.05, 0.1) is 12.1 Å². The molecule has 1 aliphatic carbocycles. The van der Waals surface area contributed by atoms with E-state index in [0.717, 1.165) is 5.75 Å². The highest BCUT2D eigenvalue weighted by Gasteiger charge is 2.43. The van der Waals surface area contributed by atoms with Crippen molar-refractivity contribution in [3.05, 3.63) is 64.7 Å². The molecule has 1 N–H and O–H groups in total. The third-order valence-corrected chi connectivity index (χ3v) is 4.65. The molecule has 0 spiro atoms. The van der Waals surface area contributed by atoms with Crippen LogP contribution in [0.15, 0.2) is 48.5 Å². The Hall–Kier alpha value is -1.51. The second-order valence-electron chi connectivity index (χ2n) is 5.58. The van der Waals surface area contributed by atoms with E-state index >= 15 is 0 Å². The van der Waals surface area contributed by atoms with Gasteiger partial charge < -0.3 is 10.1 Å². The molecule has 2 nitrogen and oxygen atoms in total. The number of rotatable bonds is 5. The van der Waals surface area contributed by atoms with Gasteiger partial charge in [0.15, 0.2) is 0 Å². The third kappa shape index (κ3) is 2.92. The minimum absolute atomic E-state index is 0.335. The van der Waals surface area contributed by atoms with E-state index in [0.29, 0.717) is 22.9 Å². The zero-order valence-electron chi connectivity index (χ0n) is 12.3. The smallest absolute Gasteiger partial charge is 0.137 e. The highest BCUT2D eigenvalue weighted by atomic mass is 35.5. The van der Waals surface area contributed by atoms with Crippen molar-refractivity contribution in [1.29, 1.82) is 0 Å². The molecule has 0 heterocycles. The quantitative estimate of drug-likeness (QED) is 0.883. The number of benzene rings is 2. The minimum Gasteiger partial charge on any atom is -0.495 e. The van der Waals surface area contributed by atoms with E-state index in [1.165, 1.54) is 17.5 Å². The first-order valence-corrected chi connectivity index (χ1v) is 7.68. The van der Waals surface area contributed by atoms with Gasteiger partial charge in [-0.2, -0.15) is 0 Å². The van der Waals surface area contributed by atoms with E-state index in [1.807, 2.05) is 19.2 Å². The molecule has 1 aliphatic rings. The van der Waals surface area contributed by atoms with Crippen LogP contribution >= 0.6 is 11.6 Å². The summed E-state index contributed by atoms with van der Waals surface area (Å²) in [6.45, 7) is 0. The van der Waals surface area contributed by atoms with Crippen LogP contribution in [0.3, 0.4) is 0 Å². The van der Waals surface area contributed by atoms with Gasteiger partial charge in [0.2, 0.25) is 0 Å². The number of methoxy groups -OCH3 is 1. The fourth-order valence-corrected chi connectivity index (χ4v) is 3.36. The highest BCUT2D eigenvalue weighted by Crippen LogP contribution is 2.54. The van der Waals surface area contributed by atoms with Crippen molar-refractivity contribution in [3.63, 3.8) is 0 Å². The maximum absolute atomic E-state index is 6.12. The van der Waals surface area contributed by atoms with E-state index in [2.05, 4.69) is 41.7 Å². The van der Waals surface area contributed by atoms with Gasteiger partial charge in [-0.3, -0.25) is 0 Å². The fourth-order valence-electron chi connectivity index (χ4n) is 3.16. The molecule has 2 aromatic carbocycles. The Kier molecular flexibility index (Phi) is 4.18. The van der Waals surface area contributed by atoms with Gasteiger partial charge in [0, 0.05) is 6.04 Å². The van der Waals surface area contributed by atoms with Crippen molar-refractivity contribution in [2.45, 2.75) is 18.4 Å². The van der Waals surface area contributed by atoms with Gasteiger partial charge in [-0.1, -0.05) is 48.0 Å². The van der Waals surface area contributed by atoms with Crippen molar-refractivity contribution in [3.8, 4) is 5.75 Å². The summed E-state index contributed by atoms with van der Waals surface area (Å²) < 4.78 is 5.33. The van der Waals surface area contributed by atoms with Crippen molar-refractivity contribution in [1.82, 2.24) is 5.32 Å². The summed E-state index contributed by atoms with van der Waals surface area (Å²) in [5.41, 5.74) is 2.67. The van der Waals surface area contributed by atoms with Gasteiger partial charge >= 0.3 is 0 Å². The Morgan fingerprint density at radius 3 is 2.62 bits per heavy atom. The Labute approximate surface area is 131 Å². The molecule has 0 aliphatic heterocycles. The van der Waals surface area contributed by atoms with Gasteiger partial charge in [-0.05, 0) is 48.6 Å². The summed E-state index contributed by atoms with van der Waals surface area (Å²) in [5, 5.41) is 4.11. The number of hydrogen-bond acceptors (Lipinski definition) is 2. The fraction of sp³-hybridized carbons (Fsp3) is 0.333. The molecule has 2 aromatic rings. The average molecular weight is 302 g/mol. The van der Waals surface area contributed by atoms with E-state index in [4.69, 9.17) is 16.3 Å². The maximum Gasteiger partial charge on any atom is 0.137 e. The summed E-state index contributed by atoms with van der Waals surface area (Å²) >= 11 is 6.12. The van der Waals surface area contributed by atoms with Crippen LogP contribution < -0.4 is 10.1 Å². The molecule has 3 unspecified atom stereocenters. The molecule has 0 aromatic heterocycles. The monoisotopic (exact) mass is 301 g/mol. The van der Waals surface area contributed by atoms with E-state index < -0.39 is 0 Å². The summed E-state index contributed by atoms with van der Waals surface area (Å²) in [6, 6.07) is 17.1. The van der Waals surface area contributed by atoms with Crippen LogP contribution in [0.5, 0.6) is 5.75 Å². The van der Waals surface area contributed by atoms with E-state index in [1.54, 1.807) is 7.11 Å². The predicted octanol–water partition coefficient (Wildman–Crippen LogP) is 4.41. The highest BCUT2D eigenvalue weighted by molar-refractivity contribution is 6.32. The topological polar surface area (TPSA) is 21.3 Å². The predicted molar refractivity (Wildman–Crippen MR) is 87.1 cm³/mol. The average Bonchev–Trinajstić information content (AvgIpc) is 3.31. The Morgan fingerprint density at radius 2 is 1.95 bits per heavy atom. The molecule has 3 heteroatoms. The largest absolute Gasteiger partial charge is 0.495 e. The summed E-state index contributed by atoms with van der Waals surface area (Å²) in [6.07, 6.45) is 1.22. The first-order chi connectivity index (χ1) is 10.2. The van der Waals surface area contributed by atoms with Gasteiger partial charge in [0.25, 0.3) is 0 Å². The molecule has 0 amide bonds. The maximum atomic E-state index is 6.12. The number of hydrogen-bond donors (Lipinski definition) is 1. The van der Waals surface area contributed by atoms with E-state index in [9.17, 15) is 0 Å². The lowest BCUT2D eigenvalue weighted by atomic mass is 9.98. The van der Waals surface area contributed by atoms with Crippen LogP contribution in [0.2, 0.25) is 5.02 Å². The van der Waals surface area contributed by atoms with Crippen LogP contribution in [-0.4, -0.2) is 14.2 Å². The van der Waals surface area contributed by atoms with Crippen LogP contribution in [-0.2, 0) is 0 Å². The molecule has 110 valence electrons. The van der Waals surface area contributed by atoms with Crippen molar-refractivity contribution in [2.24, 2.45) is 5.92 Å². The minimum atomic E-state index is 0.335.